The van der Waals surface area contributed by atoms with Crippen LogP contribution in [0.5, 0.6) is 0 Å². The first-order valence-corrected chi connectivity index (χ1v) is 8.58. The second-order valence-corrected chi connectivity index (χ2v) is 7.09. The normalized spacial score (nSPS) is 15.9. The zero-order valence-corrected chi connectivity index (χ0v) is 15.1. The number of hydrogen-bond acceptors (Lipinski definition) is 3. The summed E-state index contributed by atoms with van der Waals surface area (Å²) in [6.07, 6.45) is 0.775. The number of carbonyl (C=O) groups excluding carboxylic acids is 2. The lowest BCUT2D eigenvalue weighted by Crippen LogP contribution is -2.49. The lowest BCUT2D eigenvalue weighted by Gasteiger charge is -2.31. The third-order valence-corrected chi connectivity index (χ3v) is 4.82. The van der Waals surface area contributed by atoms with Gasteiger partial charge in [-0.15, -0.1) is 0 Å². The van der Waals surface area contributed by atoms with Gasteiger partial charge in [0, 0.05) is 11.7 Å². The topological polar surface area (TPSA) is 73.2 Å². The van der Waals surface area contributed by atoms with Crippen LogP contribution in [0.3, 0.4) is 0 Å². The molecular formula is C21H21N3O2. The smallest absolute Gasteiger partial charge is 0.242 e. The van der Waals surface area contributed by atoms with Crippen LogP contribution < -0.4 is 10.2 Å². The van der Waals surface area contributed by atoms with Gasteiger partial charge >= 0.3 is 0 Å². The second-order valence-electron chi connectivity index (χ2n) is 7.09. The Balaban J connectivity index is 1.87. The Labute approximate surface area is 153 Å². The maximum Gasteiger partial charge on any atom is 0.242 e. The molecule has 0 saturated carbocycles. The van der Waals surface area contributed by atoms with Gasteiger partial charge in [0.25, 0.3) is 0 Å². The van der Waals surface area contributed by atoms with E-state index in [0.717, 1.165) is 17.7 Å². The van der Waals surface area contributed by atoms with Gasteiger partial charge in [-0.3, -0.25) is 9.59 Å². The van der Waals surface area contributed by atoms with Crippen molar-refractivity contribution < 1.29 is 9.59 Å². The van der Waals surface area contributed by atoms with Crippen molar-refractivity contribution in [3.05, 3.63) is 59.7 Å². The Morgan fingerprint density at radius 1 is 1.15 bits per heavy atom. The molecule has 0 saturated heterocycles. The van der Waals surface area contributed by atoms with E-state index in [1.807, 2.05) is 37.3 Å². The molecule has 1 aliphatic heterocycles. The Kier molecular flexibility index (Phi) is 4.52. The minimum atomic E-state index is -1.27. The third kappa shape index (κ3) is 2.95. The molecule has 1 aliphatic rings. The van der Waals surface area contributed by atoms with Crippen molar-refractivity contribution in [1.82, 2.24) is 0 Å². The van der Waals surface area contributed by atoms with Gasteiger partial charge in [-0.05, 0) is 51.0 Å². The first kappa shape index (κ1) is 17.7. The van der Waals surface area contributed by atoms with Crippen molar-refractivity contribution in [1.29, 1.82) is 5.26 Å². The molecule has 1 heterocycles. The predicted molar refractivity (Wildman–Crippen MR) is 101 cm³/mol. The quantitative estimate of drug-likeness (QED) is 0.864. The summed E-state index contributed by atoms with van der Waals surface area (Å²) in [5.41, 5.74) is 1.48. The van der Waals surface area contributed by atoms with Crippen LogP contribution in [0.4, 0.5) is 11.4 Å². The van der Waals surface area contributed by atoms with Gasteiger partial charge in [0.1, 0.15) is 11.5 Å². The number of nitriles is 1. The number of nitrogens with one attached hydrogen (secondary N) is 1. The van der Waals surface area contributed by atoms with Crippen molar-refractivity contribution in [3.8, 4) is 6.07 Å². The molecule has 0 aliphatic carbocycles. The van der Waals surface area contributed by atoms with Gasteiger partial charge < -0.3 is 10.2 Å². The number of amides is 2. The number of nitrogens with zero attached hydrogens (tertiary/aromatic N) is 2. The molecule has 132 valence electrons. The highest BCUT2D eigenvalue weighted by Crippen LogP contribution is 2.36. The minimum Gasteiger partial charge on any atom is -0.324 e. The highest BCUT2D eigenvalue weighted by atomic mass is 16.2. The molecule has 1 N–H and O–H groups in total. The molecule has 0 bridgehead atoms. The number of para-hydroxylation sites is 2. The summed E-state index contributed by atoms with van der Waals surface area (Å²) < 4.78 is 0. The first-order valence-electron chi connectivity index (χ1n) is 8.58. The van der Waals surface area contributed by atoms with Gasteiger partial charge in [0.05, 0.1) is 11.3 Å². The zero-order valence-electron chi connectivity index (χ0n) is 15.1. The maximum atomic E-state index is 13.2. The molecule has 0 aromatic heterocycles. The van der Waals surface area contributed by atoms with Crippen LogP contribution >= 0.6 is 0 Å². The predicted octanol–water partition coefficient (Wildman–Crippen LogP) is 3.50. The molecular weight excluding hydrogens is 326 g/mol. The van der Waals surface area contributed by atoms with Crippen LogP contribution in [0, 0.1) is 16.7 Å². The van der Waals surface area contributed by atoms with E-state index in [1.165, 1.54) is 0 Å². The molecule has 5 nitrogen and oxygen atoms in total. The average Bonchev–Trinajstić information content (AvgIpc) is 2.97. The molecule has 0 spiro atoms. The zero-order chi connectivity index (χ0) is 18.9. The number of rotatable bonds is 3. The minimum absolute atomic E-state index is 0.00151. The van der Waals surface area contributed by atoms with Crippen LogP contribution in [0.25, 0.3) is 0 Å². The molecule has 2 aromatic rings. The number of fused-ring (bicyclic) bond motifs is 1. The summed E-state index contributed by atoms with van der Waals surface area (Å²) in [6.45, 7) is 5.22. The SMILES string of the molecule is CC1Cc2ccccc2N1C(=O)C(C)(C)C(=O)Nc1ccccc1C#N. The standard InChI is InChI=1S/C21H21N3O2/c1-14-12-15-8-5-7-11-18(15)24(14)20(26)21(2,3)19(25)23-17-10-6-4-9-16(17)13-22/h4-11,14H,12H2,1-3H3,(H,23,25). The molecule has 2 aromatic carbocycles. The number of benzene rings is 2. The molecule has 2 amide bonds. The van der Waals surface area contributed by atoms with Gasteiger partial charge in [0.15, 0.2) is 0 Å². The van der Waals surface area contributed by atoms with Crippen LogP contribution in [-0.2, 0) is 16.0 Å². The molecule has 0 radical (unpaired) electrons. The van der Waals surface area contributed by atoms with Crippen LogP contribution in [0.1, 0.15) is 31.9 Å². The second kappa shape index (κ2) is 6.64. The Bertz CT molecular complexity index is 911. The van der Waals surface area contributed by atoms with Crippen molar-refractivity contribution in [2.75, 3.05) is 10.2 Å². The van der Waals surface area contributed by atoms with E-state index < -0.39 is 11.3 Å². The summed E-state index contributed by atoms with van der Waals surface area (Å²) in [6, 6.07) is 16.6. The van der Waals surface area contributed by atoms with E-state index in [9.17, 15) is 14.9 Å². The third-order valence-electron chi connectivity index (χ3n) is 4.82. The van der Waals surface area contributed by atoms with Gasteiger partial charge in [-0.1, -0.05) is 30.3 Å². The van der Waals surface area contributed by atoms with Gasteiger partial charge in [0.2, 0.25) is 11.8 Å². The first-order chi connectivity index (χ1) is 12.4. The number of anilines is 2. The van der Waals surface area contributed by atoms with E-state index in [-0.39, 0.29) is 11.9 Å². The molecule has 5 heteroatoms. The Morgan fingerprint density at radius 3 is 2.54 bits per heavy atom. The molecule has 26 heavy (non-hydrogen) atoms. The van der Waals surface area contributed by atoms with Crippen molar-refractivity contribution >= 4 is 23.2 Å². The lowest BCUT2D eigenvalue weighted by atomic mass is 9.89. The summed E-state index contributed by atoms with van der Waals surface area (Å²) in [4.78, 5) is 27.8. The maximum absolute atomic E-state index is 13.2. The van der Waals surface area contributed by atoms with Crippen LogP contribution in [-0.4, -0.2) is 17.9 Å². The highest BCUT2D eigenvalue weighted by Gasteiger charge is 2.43. The van der Waals surface area contributed by atoms with Crippen molar-refractivity contribution in [3.63, 3.8) is 0 Å². The fourth-order valence-corrected chi connectivity index (χ4v) is 3.24. The Hall–Kier alpha value is -3.13. The highest BCUT2D eigenvalue weighted by molar-refractivity contribution is 6.15. The summed E-state index contributed by atoms with van der Waals surface area (Å²) in [5, 5.41) is 11.9. The summed E-state index contributed by atoms with van der Waals surface area (Å²) in [5.74, 6) is -0.677. The van der Waals surface area contributed by atoms with E-state index in [4.69, 9.17) is 0 Å². The summed E-state index contributed by atoms with van der Waals surface area (Å²) in [7, 11) is 0. The molecule has 0 fully saturated rings. The Morgan fingerprint density at radius 2 is 1.81 bits per heavy atom. The van der Waals surface area contributed by atoms with Gasteiger partial charge in [-0.2, -0.15) is 5.26 Å². The average molecular weight is 347 g/mol. The lowest BCUT2D eigenvalue weighted by molar-refractivity contribution is -0.136. The van der Waals surface area contributed by atoms with E-state index in [2.05, 4.69) is 5.32 Å². The van der Waals surface area contributed by atoms with Gasteiger partial charge in [-0.25, -0.2) is 0 Å². The van der Waals surface area contributed by atoms with Crippen molar-refractivity contribution in [2.45, 2.75) is 33.2 Å². The number of hydrogen-bond donors (Lipinski definition) is 1. The fourth-order valence-electron chi connectivity index (χ4n) is 3.24. The van der Waals surface area contributed by atoms with Crippen LogP contribution in [0.2, 0.25) is 0 Å². The summed E-state index contributed by atoms with van der Waals surface area (Å²) >= 11 is 0. The largest absolute Gasteiger partial charge is 0.324 e. The van der Waals surface area contributed by atoms with E-state index in [1.54, 1.807) is 43.0 Å². The fraction of sp³-hybridized carbons (Fsp3) is 0.286. The molecule has 1 unspecified atom stereocenters. The van der Waals surface area contributed by atoms with E-state index in [0.29, 0.717) is 11.3 Å². The molecule has 3 rings (SSSR count). The van der Waals surface area contributed by atoms with Crippen molar-refractivity contribution in [2.24, 2.45) is 5.41 Å². The van der Waals surface area contributed by atoms with Crippen LogP contribution in [0.15, 0.2) is 48.5 Å². The monoisotopic (exact) mass is 347 g/mol. The number of carbonyl (C=O) groups is 2. The van der Waals surface area contributed by atoms with E-state index >= 15 is 0 Å². The molecule has 1 atom stereocenters.